The number of carbonyl (C=O) groups excluding carboxylic acids is 1. The predicted molar refractivity (Wildman–Crippen MR) is 84.2 cm³/mol. The quantitative estimate of drug-likeness (QED) is 0.908. The van der Waals surface area contributed by atoms with Crippen LogP contribution in [0.5, 0.6) is 0 Å². The van der Waals surface area contributed by atoms with Gasteiger partial charge in [-0.05, 0) is 24.6 Å². The molecule has 20 heavy (non-hydrogen) atoms. The zero-order chi connectivity index (χ0) is 14.5. The number of nitrogens with one attached hydrogen (secondary N) is 1. The minimum absolute atomic E-state index is 0.0879. The third-order valence-electron chi connectivity index (χ3n) is 2.93. The van der Waals surface area contributed by atoms with Crippen LogP contribution in [0.4, 0.5) is 4.79 Å². The fourth-order valence-electron chi connectivity index (χ4n) is 1.76. The van der Waals surface area contributed by atoms with Crippen molar-refractivity contribution in [2.75, 3.05) is 7.05 Å². The molecule has 1 aromatic carbocycles. The highest BCUT2D eigenvalue weighted by molar-refractivity contribution is 7.16. The first-order valence-electron chi connectivity index (χ1n) is 6.33. The van der Waals surface area contributed by atoms with Crippen molar-refractivity contribution < 1.29 is 4.79 Å². The predicted octanol–water partition coefficient (Wildman–Crippen LogP) is 4.05. The van der Waals surface area contributed by atoms with Crippen molar-refractivity contribution in [3.8, 4) is 0 Å². The first-order valence-corrected chi connectivity index (χ1v) is 7.53. The van der Waals surface area contributed by atoms with E-state index >= 15 is 0 Å². The van der Waals surface area contributed by atoms with Crippen molar-refractivity contribution in [3.63, 3.8) is 0 Å². The summed E-state index contributed by atoms with van der Waals surface area (Å²) in [7, 11) is 1.78. The van der Waals surface area contributed by atoms with Crippen LogP contribution in [0.3, 0.4) is 0 Å². The van der Waals surface area contributed by atoms with Crippen LogP contribution in [-0.4, -0.2) is 18.0 Å². The average Bonchev–Trinajstić information content (AvgIpc) is 2.83. The standard InChI is InChI=1S/C15H17ClN2OS/c1-11-3-5-12(6-4-11)9-17-15(19)18(2)10-13-7-8-14(16)20-13/h3-8H,9-10H2,1-2H3,(H,17,19). The number of amides is 2. The zero-order valence-electron chi connectivity index (χ0n) is 11.5. The van der Waals surface area contributed by atoms with Crippen LogP contribution in [0.2, 0.25) is 4.34 Å². The molecule has 2 amide bonds. The van der Waals surface area contributed by atoms with Crippen molar-refractivity contribution in [3.05, 3.63) is 56.7 Å². The molecule has 0 unspecified atom stereocenters. The van der Waals surface area contributed by atoms with Crippen LogP contribution >= 0.6 is 22.9 Å². The molecule has 0 aliphatic rings. The van der Waals surface area contributed by atoms with Gasteiger partial charge in [0.05, 0.1) is 10.9 Å². The number of carbonyl (C=O) groups is 1. The highest BCUT2D eigenvalue weighted by atomic mass is 35.5. The molecule has 0 bridgehead atoms. The Hall–Kier alpha value is -1.52. The first-order chi connectivity index (χ1) is 9.54. The Morgan fingerprint density at radius 3 is 2.55 bits per heavy atom. The normalized spacial score (nSPS) is 10.3. The smallest absolute Gasteiger partial charge is 0.317 e. The third kappa shape index (κ3) is 4.25. The summed E-state index contributed by atoms with van der Waals surface area (Å²) in [6, 6.07) is 11.8. The van der Waals surface area contributed by atoms with Gasteiger partial charge in [0.1, 0.15) is 0 Å². The van der Waals surface area contributed by atoms with Gasteiger partial charge in [0.25, 0.3) is 0 Å². The van der Waals surface area contributed by atoms with E-state index in [9.17, 15) is 4.79 Å². The molecule has 5 heteroatoms. The van der Waals surface area contributed by atoms with Gasteiger partial charge >= 0.3 is 6.03 Å². The molecule has 2 aromatic rings. The molecule has 0 spiro atoms. The third-order valence-corrected chi connectivity index (χ3v) is 4.15. The Kier molecular flexibility index (Phi) is 5.04. The summed E-state index contributed by atoms with van der Waals surface area (Å²) in [5.41, 5.74) is 2.31. The molecule has 1 heterocycles. The summed E-state index contributed by atoms with van der Waals surface area (Å²) in [6.07, 6.45) is 0. The molecule has 0 saturated carbocycles. The Balaban J connectivity index is 1.83. The molecule has 0 aliphatic carbocycles. The number of thiophene rings is 1. The number of hydrogen-bond donors (Lipinski definition) is 1. The van der Waals surface area contributed by atoms with Gasteiger partial charge < -0.3 is 10.2 Å². The van der Waals surface area contributed by atoms with Crippen LogP contribution < -0.4 is 5.32 Å². The maximum absolute atomic E-state index is 12.0. The number of nitrogens with zero attached hydrogens (tertiary/aromatic N) is 1. The van der Waals surface area contributed by atoms with E-state index in [1.54, 1.807) is 11.9 Å². The van der Waals surface area contributed by atoms with Gasteiger partial charge in [0, 0.05) is 18.5 Å². The van der Waals surface area contributed by atoms with Crippen LogP contribution in [0.1, 0.15) is 16.0 Å². The van der Waals surface area contributed by atoms with Gasteiger partial charge in [0.2, 0.25) is 0 Å². The van der Waals surface area contributed by atoms with E-state index < -0.39 is 0 Å². The van der Waals surface area contributed by atoms with Gasteiger partial charge in [-0.3, -0.25) is 0 Å². The first kappa shape index (κ1) is 14.9. The Morgan fingerprint density at radius 1 is 1.25 bits per heavy atom. The Labute approximate surface area is 128 Å². The second-order valence-electron chi connectivity index (χ2n) is 4.71. The van der Waals surface area contributed by atoms with Gasteiger partial charge in [0.15, 0.2) is 0 Å². The second kappa shape index (κ2) is 6.77. The van der Waals surface area contributed by atoms with Gasteiger partial charge in [-0.1, -0.05) is 41.4 Å². The lowest BCUT2D eigenvalue weighted by Crippen LogP contribution is -2.36. The van der Waals surface area contributed by atoms with Crippen molar-refractivity contribution in [2.24, 2.45) is 0 Å². The molecule has 0 fully saturated rings. The average molecular weight is 309 g/mol. The van der Waals surface area contributed by atoms with E-state index in [4.69, 9.17) is 11.6 Å². The molecule has 0 radical (unpaired) electrons. The minimum Gasteiger partial charge on any atom is -0.334 e. The molecule has 1 aromatic heterocycles. The zero-order valence-corrected chi connectivity index (χ0v) is 13.1. The maximum Gasteiger partial charge on any atom is 0.317 e. The number of hydrogen-bond acceptors (Lipinski definition) is 2. The highest BCUT2D eigenvalue weighted by Crippen LogP contribution is 2.22. The molecule has 2 rings (SSSR count). The van der Waals surface area contributed by atoms with E-state index in [2.05, 4.69) is 5.32 Å². The van der Waals surface area contributed by atoms with Crippen LogP contribution in [0, 0.1) is 6.92 Å². The summed E-state index contributed by atoms with van der Waals surface area (Å²) < 4.78 is 0.744. The lowest BCUT2D eigenvalue weighted by molar-refractivity contribution is 0.207. The number of halogens is 1. The fraction of sp³-hybridized carbons (Fsp3) is 0.267. The lowest BCUT2D eigenvalue weighted by Gasteiger charge is -2.17. The van der Waals surface area contributed by atoms with Crippen molar-refractivity contribution in [1.29, 1.82) is 0 Å². The topological polar surface area (TPSA) is 32.3 Å². The summed E-state index contributed by atoms with van der Waals surface area (Å²) in [6.45, 7) is 3.15. The van der Waals surface area contributed by atoms with Crippen molar-refractivity contribution in [2.45, 2.75) is 20.0 Å². The van der Waals surface area contributed by atoms with Gasteiger partial charge in [-0.15, -0.1) is 11.3 Å². The molecular formula is C15H17ClN2OS. The minimum atomic E-state index is -0.0879. The number of aryl methyl sites for hydroxylation is 1. The Bertz CT molecular complexity index is 580. The summed E-state index contributed by atoms with van der Waals surface area (Å²) in [5.74, 6) is 0. The SMILES string of the molecule is Cc1ccc(CNC(=O)N(C)Cc2ccc(Cl)s2)cc1. The van der Waals surface area contributed by atoms with E-state index in [1.807, 2.05) is 43.3 Å². The molecule has 1 N–H and O–H groups in total. The molecule has 0 aliphatic heterocycles. The van der Waals surface area contributed by atoms with Gasteiger partial charge in [-0.25, -0.2) is 4.79 Å². The summed E-state index contributed by atoms with van der Waals surface area (Å²) in [4.78, 5) is 14.7. The van der Waals surface area contributed by atoms with Crippen LogP contribution in [0.25, 0.3) is 0 Å². The summed E-state index contributed by atoms with van der Waals surface area (Å²) >= 11 is 7.37. The number of rotatable bonds is 4. The Morgan fingerprint density at radius 2 is 1.95 bits per heavy atom. The molecule has 3 nitrogen and oxygen atoms in total. The molecular weight excluding hydrogens is 292 g/mol. The van der Waals surface area contributed by atoms with Crippen molar-refractivity contribution in [1.82, 2.24) is 10.2 Å². The fourth-order valence-corrected chi connectivity index (χ4v) is 2.90. The van der Waals surface area contributed by atoms with Crippen LogP contribution in [-0.2, 0) is 13.1 Å². The molecule has 106 valence electrons. The largest absolute Gasteiger partial charge is 0.334 e. The van der Waals surface area contributed by atoms with E-state index in [0.717, 1.165) is 14.8 Å². The summed E-state index contributed by atoms with van der Waals surface area (Å²) in [5, 5.41) is 2.90. The van der Waals surface area contributed by atoms with Crippen LogP contribution in [0.15, 0.2) is 36.4 Å². The van der Waals surface area contributed by atoms with Gasteiger partial charge in [-0.2, -0.15) is 0 Å². The number of benzene rings is 1. The van der Waals surface area contributed by atoms with E-state index in [-0.39, 0.29) is 6.03 Å². The number of urea groups is 1. The van der Waals surface area contributed by atoms with E-state index in [0.29, 0.717) is 13.1 Å². The second-order valence-corrected chi connectivity index (χ2v) is 6.51. The van der Waals surface area contributed by atoms with Crippen molar-refractivity contribution >= 4 is 29.0 Å². The lowest BCUT2D eigenvalue weighted by atomic mass is 10.1. The van der Waals surface area contributed by atoms with E-state index in [1.165, 1.54) is 16.9 Å². The molecule has 0 saturated heterocycles. The highest BCUT2D eigenvalue weighted by Gasteiger charge is 2.09. The molecule has 0 atom stereocenters. The monoisotopic (exact) mass is 308 g/mol. The maximum atomic E-state index is 12.0.